The molecule has 0 saturated carbocycles. The normalized spacial score (nSPS) is 12.8. The fourth-order valence-corrected chi connectivity index (χ4v) is 3.57. The third kappa shape index (κ3) is 2.33. The fraction of sp³-hybridized carbons (Fsp3) is 0.125. The van der Waals surface area contributed by atoms with Crippen LogP contribution in [-0.2, 0) is 0 Å². The molecule has 0 aliphatic carbocycles. The molecular formula is C16H13ClFNS. The molecule has 4 heteroatoms. The molecule has 0 aliphatic heterocycles. The van der Waals surface area contributed by atoms with Gasteiger partial charge < -0.3 is 5.32 Å². The van der Waals surface area contributed by atoms with Crippen LogP contribution in [0.2, 0.25) is 5.02 Å². The van der Waals surface area contributed by atoms with Crippen LogP contribution in [0.25, 0.3) is 10.1 Å². The van der Waals surface area contributed by atoms with E-state index >= 15 is 0 Å². The largest absolute Gasteiger partial charge is 0.309 e. The van der Waals surface area contributed by atoms with Crippen LogP contribution < -0.4 is 5.32 Å². The van der Waals surface area contributed by atoms with Crippen LogP contribution >= 0.6 is 22.9 Å². The zero-order valence-electron chi connectivity index (χ0n) is 10.9. The van der Waals surface area contributed by atoms with E-state index < -0.39 is 0 Å². The Kier molecular flexibility index (Phi) is 3.74. The lowest BCUT2D eigenvalue weighted by atomic mass is 9.98. The Morgan fingerprint density at radius 1 is 1.20 bits per heavy atom. The van der Waals surface area contributed by atoms with Crippen LogP contribution in [0.1, 0.15) is 17.2 Å². The summed E-state index contributed by atoms with van der Waals surface area (Å²) in [5.74, 6) is -0.389. The summed E-state index contributed by atoms with van der Waals surface area (Å²) in [6.07, 6.45) is 0. The monoisotopic (exact) mass is 305 g/mol. The molecule has 0 amide bonds. The third-order valence-corrected chi connectivity index (χ3v) is 4.66. The number of benzene rings is 2. The van der Waals surface area contributed by atoms with Crippen LogP contribution in [0.5, 0.6) is 0 Å². The molecule has 102 valence electrons. The Labute approximate surface area is 126 Å². The highest BCUT2D eigenvalue weighted by atomic mass is 35.5. The van der Waals surface area contributed by atoms with Gasteiger partial charge in [0.15, 0.2) is 0 Å². The maximum atomic E-state index is 13.3. The van der Waals surface area contributed by atoms with Crippen molar-refractivity contribution in [2.45, 2.75) is 6.04 Å². The molecule has 0 aliphatic rings. The van der Waals surface area contributed by atoms with Crippen molar-refractivity contribution in [2.75, 3.05) is 7.05 Å². The molecule has 3 aromatic rings. The lowest BCUT2D eigenvalue weighted by molar-refractivity contribution is 0.624. The molecule has 0 fully saturated rings. The van der Waals surface area contributed by atoms with Crippen LogP contribution in [0.15, 0.2) is 47.8 Å². The molecule has 3 rings (SSSR count). The van der Waals surface area contributed by atoms with Crippen molar-refractivity contribution in [2.24, 2.45) is 0 Å². The molecule has 1 unspecified atom stereocenters. The molecule has 0 spiro atoms. The third-order valence-electron chi connectivity index (χ3n) is 3.39. The van der Waals surface area contributed by atoms with Crippen LogP contribution in [-0.4, -0.2) is 7.05 Å². The zero-order valence-corrected chi connectivity index (χ0v) is 12.4. The maximum absolute atomic E-state index is 13.3. The van der Waals surface area contributed by atoms with Gasteiger partial charge in [0.25, 0.3) is 0 Å². The van der Waals surface area contributed by atoms with Crippen molar-refractivity contribution in [1.82, 2.24) is 5.32 Å². The highest BCUT2D eigenvalue weighted by Crippen LogP contribution is 2.33. The van der Waals surface area contributed by atoms with E-state index in [-0.39, 0.29) is 16.9 Å². The number of fused-ring (bicyclic) bond motifs is 1. The molecule has 1 aromatic heterocycles. The van der Waals surface area contributed by atoms with Crippen molar-refractivity contribution in [3.63, 3.8) is 0 Å². The number of halogens is 2. The smallest absolute Gasteiger partial charge is 0.141 e. The summed E-state index contributed by atoms with van der Waals surface area (Å²) < 4.78 is 14.6. The molecule has 2 aromatic carbocycles. The molecule has 1 heterocycles. The molecular weight excluding hydrogens is 293 g/mol. The van der Waals surface area contributed by atoms with E-state index in [1.807, 2.05) is 13.1 Å². The highest BCUT2D eigenvalue weighted by molar-refractivity contribution is 7.17. The van der Waals surface area contributed by atoms with E-state index in [1.54, 1.807) is 23.5 Å². The van der Waals surface area contributed by atoms with Gasteiger partial charge in [-0.2, -0.15) is 0 Å². The Hall–Kier alpha value is -1.42. The maximum Gasteiger partial charge on any atom is 0.141 e. The predicted molar refractivity (Wildman–Crippen MR) is 84.1 cm³/mol. The lowest BCUT2D eigenvalue weighted by Gasteiger charge is -2.18. The summed E-state index contributed by atoms with van der Waals surface area (Å²) in [6.45, 7) is 0. The van der Waals surface area contributed by atoms with Gasteiger partial charge in [-0.3, -0.25) is 0 Å². The SMILES string of the molecule is CNC(c1ccc(F)c(Cl)c1)c1cccc2ccsc12. The molecule has 1 nitrogen and oxygen atoms in total. The minimum Gasteiger partial charge on any atom is -0.309 e. The highest BCUT2D eigenvalue weighted by Gasteiger charge is 2.16. The van der Waals surface area contributed by atoms with Crippen molar-refractivity contribution >= 4 is 33.0 Å². The minimum atomic E-state index is -0.389. The first-order chi connectivity index (χ1) is 9.70. The van der Waals surface area contributed by atoms with Gasteiger partial charge in [0.1, 0.15) is 5.82 Å². The second-order valence-electron chi connectivity index (χ2n) is 4.58. The van der Waals surface area contributed by atoms with Crippen molar-refractivity contribution in [3.05, 3.63) is 69.8 Å². The molecule has 0 bridgehead atoms. The molecule has 1 atom stereocenters. The number of thiophene rings is 1. The standard InChI is InChI=1S/C16H13ClFNS/c1-19-15(11-5-6-14(18)13(17)9-11)12-4-2-3-10-7-8-20-16(10)12/h2-9,15,19H,1H3. The molecule has 0 radical (unpaired) electrons. The first-order valence-corrected chi connectivity index (χ1v) is 7.55. The fourth-order valence-electron chi connectivity index (χ4n) is 2.44. The van der Waals surface area contributed by atoms with E-state index in [1.165, 1.54) is 21.7 Å². The van der Waals surface area contributed by atoms with Gasteiger partial charge in [-0.25, -0.2) is 4.39 Å². The first-order valence-electron chi connectivity index (χ1n) is 6.29. The van der Waals surface area contributed by atoms with E-state index in [0.29, 0.717) is 0 Å². The van der Waals surface area contributed by atoms with Gasteiger partial charge in [-0.15, -0.1) is 11.3 Å². The van der Waals surface area contributed by atoms with Gasteiger partial charge >= 0.3 is 0 Å². The van der Waals surface area contributed by atoms with Crippen LogP contribution in [0, 0.1) is 5.82 Å². The van der Waals surface area contributed by atoms with Crippen molar-refractivity contribution in [1.29, 1.82) is 0 Å². The summed E-state index contributed by atoms with van der Waals surface area (Å²) >= 11 is 7.61. The number of hydrogen-bond acceptors (Lipinski definition) is 2. The molecule has 0 saturated heterocycles. The zero-order chi connectivity index (χ0) is 14.1. The van der Waals surface area contributed by atoms with Gasteiger partial charge in [0.2, 0.25) is 0 Å². The van der Waals surface area contributed by atoms with E-state index in [0.717, 1.165) is 5.56 Å². The van der Waals surface area contributed by atoms with Crippen molar-refractivity contribution < 1.29 is 4.39 Å². The Bertz CT molecular complexity index is 753. The topological polar surface area (TPSA) is 12.0 Å². The van der Waals surface area contributed by atoms with Gasteiger partial charge in [-0.1, -0.05) is 35.9 Å². The van der Waals surface area contributed by atoms with Gasteiger partial charge in [-0.05, 0) is 47.1 Å². The second-order valence-corrected chi connectivity index (χ2v) is 5.90. The minimum absolute atomic E-state index is 0.00421. The summed E-state index contributed by atoms with van der Waals surface area (Å²) in [5, 5.41) is 6.75. The quantitative estimate of drug-likeness (QED) is 0.718. The number of hydrogen-bond donors (Lipinski definition) is 1. The molecule has 20 heavy (non-hydrogen) atoms. The first kappa shape index (κ1) is 13.6. The summed E-state index contributed by atoms with van der Waals surface area (Å²) in [4.78, 5) is 0. The van der Waals surface area contributed by atoms with E-state index in [9.17, 15) is 4.39 Å². The Morgan fingerprint density at radius 2 is 2.05 bits per heavy atom. The molecule has 1 N–H and O–H groups in total. The number of rotatable bonds is 3. The summed E-state index contributed by atoms with van der Waals surface area (Å²) in [6, 6.07) is 13.2. The lowest BCUT2D eigenvalue weighted by Crippen LogP contribution is -2.17. The Morgan fingerprint density at radius 3 is 2.80 bits per heavy atom. The average molecular weight is 306 g/mol. The predicted octanol–water partition coefficient (Wildman–Crippen LogP) is 5.00. The van der Waals surface area contributed by atoms with Crippen LogP contribution in [0.4, 0.5) is 4.39 Å². The van der Waals surface area contributed by atoms with E-state index in [2.05, 4.69) is 28.9 Å². The number of nitrogens with one attached hydrogen (secondary N) is 1. The average Bonchev–Trinajstić information content (AvgIpc) is 2.93. The van der Waals surface area contributed by atoms with Crippen LogP contribution in [0.3, 0.4) is 0 Å². The summed E-state index contributed by atoms with van der Waals surface area (Å²) in [5.41, 5.74) is 2.14. The Balaban J connectivity index is 2.13. The van der Waals surface area contributed by atoms with Gasteiger partial charge in [0, 0.05) is 4.70 Å². The summed E-state index contributed by atoms with van der Waals surface area (Å²) in [7, 11) is 1.90. The van der Waals surface area contributed by atoms with Gasteiger partial charge in [0.05, 0.1) is 11.1 Å². The van der Waals surface area contributed by atoms with E-state index in [4.69, 9.17) is 11.6 Å². The van der Waals surface area contributed by atoms with Crippen molar-refractivity contribution in [3.8, 4) is 0 Å². The second kappa shape index (κ2) is 5.52.